The van der Waals surface area contributed by atoms with E-state index in [1.807, 2.05) is 0 Å². The number of fused-ring (bicyclic) bond motifs is 4. The lowest BCUT2D eigenvalue weighted by Crippen LogP contribution is -2.56. The van der Waals surface area contributed by atoms with Gasteiger partial charge in [0, 0.05) is 12.5 Å². The zero-order chi connectivity index (χ0) is 18.8. The van der Waals surface area contributed by atoms with Gasteiger partial charge in [-0.05, 0) is 99.7 Å². The molecular weight excluding hydrogens is 340 g/mol. The van der Waals surface area contributed by atoms with E-state index in [9.17, 15) is 5.11 Å². The highest BCUT2D eigenvalue weighted by molar-refractivity contribution is 5.14. The van der Waals surface area contributed by atoms with E-state index in [2.05, 4.69) is 13.8 Å². The quantitative estimate of drug-likeness (QED) is 0.742. The summed E-state index contributed by atoms with van der Waals surface area (Å²) in [6.07, 6.45) is 11.5. The largest absolute Gasteiger partial charge is 0.367 e. The highest BCUT2D eigenvalue weighted by atomic mass is 16.7. The third-order valence-electron chi connectivity index (χ3n) is 10.1. The summed E-state index contributed by atoms with van der Waals surface area (Å²) in [4.78, 5) is 0. The Morgan fingerprint density at radius 2 is 1.81 bits per heavy atom. The first kappa shape index (κ1) is 18.8. The fourth-order valence-corrected chi connectivity index (χ4v) is 8.89. The minimum atomic E-state index is -0.519. The summed E-state index contributed by atoms with van der Waals surface area (Å²) >= 11 is 0. The molecule has 0 aromatic carbocycles. The molecule has 4 unspecified atom stereocenters. The Hall–Kier alpha value is -0.160. The van der Waals surface area contributed by atoms with Crippen molar-refractivity contribution in [3.05, 3.63) is 0 Å². The molecule has 5 aliphatic rings. The summed E-state index contributed by atoms with van der Waals surface area (Å²) in [5.74, 6) is 3.69. The molecule has 4 nitrogen and oxygen atoms in total. The highest BCUT2D eigenvalue weighted by Crippen LogP contribution is 2.70. The Labute approximate surface area is 164 Å². The smallest absolute Gasteiger partial charge is 0.161 e. The van der Waals surface area contributed by atoms with Gasteiger partial charge < -0.3 is 19.3 Å². The molecule has 5 rings (SSSR count). The minimum Gasteiger partial charge on any atom is -0.367 e. The maximum absolute atomic E-state index is 10.9. The second kappa shape index (κ2) is 6.68. The molecule has 0 aromatic rings. The van der Waals surface area contributed by atoms with Crippen LogP contribution in [0.3, 0.4) is 0 Å². The third kappa shape index (κ3) is 2.55. The molecule has 0 bridgehead atoms. The maximum Gasteiger partial charge on any atom is 0.161 e. The molecule has 4 heteroatoms. The summed E-state index contributed by atoms with van der Waals surface area (Å²) in [5, 5.41) is 10.9. The summed E-state index contributed by atoms with van der Waals surface area (Å²) in [5.41, 5.74) is 0.536. The highest BCUT2D eigenvalue weighted by Gasteiger charge is 2.67. The van der Waals surface area contributed by atoms with Crippen molar-refractivity contribution in [2.45, 2.75) is 90.1 Å². The number of hydrogen-bond donors (Lipinski definition) is 1. The first-order valence-electron chi connectivity index (χ1n) is 11.4. The molecule has 154 valence electrons. The van der Waals surface area contributed by atoms with Crippen molar-refractivity contribution in [1.29, 1.82) is 0 Å². The van der Waals surface area contributed by atoms with Crippen molar-refractivity contribution >= 4 is 0 Å². The standard InChI is InChI=1S/C23H38O4/c1-14-18-6-7-20-17-5-4-15-12-16(26-13-25-3)8-10-22(15,2)19(17)9-11-23(18,20)21(24)27-14/h14-21,24H,4-13H2,1-3H3/t14?,15-,16+,17+,18?,19-,20-,21?,22-,23?/m0/s1. The van der Waals surface area contributed by atoms with E-state index in [0.717, 1.165) is 17.8 Å². The topological polar surface area (TPSA) is 47.9 Å². The number of ether oxygens (including phenoxy) is 3. The van der Waals surface area contributed by atoms with Crippen LogP contribution in [0, 0.1) is 40.4 Å². The second-order valence-electron chi connectivity index (χ2n) is 10.7. The molecule has 5 fully saturated rings. The predicted octanol–water partition coefficient (Wildman–Crippen LogP) is 4.35. The van der Waals surface area contributed by atoms with Crippen LogP contribution >= 0.6 is 0 Å². The second-order valence-corrected chi connectivity index (χ2v) is 10.7. The van der Waals surface area contributed by atoms with E-state index in [1.165, 1.54) is 57.8 Å². The van der Waals surface area contributed by atoms with Gasteiger partial charge >= 0.3 is 0 Å². The van der Waals surface area contributed by atoms with Crippen LogP contribution < -0.4 is 0 Å². The number of hydrogen-bond acceptors (Lipinski definition) is 4. The monoisotopic (exact) mass is 378 g/mol. The van der Waals surface area contributed by atoms with E-state index >= 15 is 0 Å². The summed E-state index contributed by atoms with van der Waals surface area (Å²) in [7, 11) is 1.72. The van der Waals surface area contributed by atoms with Crippen LogP contribution in [0.2, 0.25) is 0 Å². The van der Waals surface area contributed by atoms with E-state index in [1.54, 1.807) is 7.11 Å². The Kier molecular flexibility index (Phi) is 4.66. The fourth-order valence-electron chi connectivity index (χ4n) is 8.89. The molecule has 1 saturated heterocycles. The molecule has 4 saturated carbocycles. The lowest BCUT2D eigenvalue weighted by molar-refractivity contribution is -0.196. The van der Waals surface area contributed by atoms with Gasteiger partial charge in [0.15, 0.2) is 6.29 Å². The molecule has 4 aliphatic carbocycles. The predicted molar refractivity (Wildman–Crippen MR) is 103 cm³/mol. The third-order valence-corrected chi connectivity index (χ3v) is 10.1. The Balaban J connectivity index is 1.37. The molecule has 0 radical (unpaired) electrons. The van der Waals surface area contributed by atoms with Gasteiger partial charge in [0.25, 0.3) is 0 Å². The molecule has 1 aliphatic heterocycles. The lowest BCUT2D eigenvalue weighted by atomic mass is 9.44. The van der Waals surface area contributed by atoms with Crippen molar-refractivity contribution in [2.24, 2.45) is 40.4 Å². The summed E-state index contributed by atoms with van der Waals surface area (Å²) in [6, 6.07) is 0. The molecule has 10 atom stereocenters. The molecule has 27 heavy (non-hydrogen) atoms. The van der Waals surface area contributed by atoms with E-state index in [0.29, 0.717) is 30.1 Å². The van der Waals surface area contributed by atoms with Gasteiger partial charge in [-0.1, -0.05) is 6.92 Å². The van der Waals surface area contributed by atoms with Crippen LogP contribution in [-0.4, -0.2) is 37.5 Å². The van der Waals surface area contributed by atoms with Crippen LogP contribution in [-0.2, 0) is 14.2 Å². The van der Waals surface area contributed by atoms with Crippen LogP contribution in [0.4, 0.5) is 0 Å². The average Bonchev–Trinajstić information content (AvgIpc) is 3.16. The van der Waals surface area contributed by atoms with Crippen LogP contribution in [0.5, 0.6) is 0 Å². The Morgan fingerprint density at radius 3 is 2.63 bits per heavy atom. The van der Waals surface area contributed by atoms with E-state index in [-0.39, 0.29) is 11.5 Å². The first-order chi connectivity index (χ1) is 13.0. The Morgan fingerprint density at radius 1 is 1.00 bits per heavy atom. The number of methoxy groups -OCH3 is 1. The van der Waals surface area contributed by atoms with Gasteiger partial charge in [0.2, 0.25) is 0 Å². The zero-order valence-corrected chi connectivity index (χ0v) is 17.4. The lowest BCUT2D eigenvalue weighted by Gasteiger charge is -2.61. The SMILES string of the molecule is COCO[C@@H]1CC[C@@]2(C)[C@@H](CC[C@H]3[C@@H]4CCC5C(C)OC(O)C54CC[C@@H]32)C1. The maximum atomic E-state index is 10.9. The van der Waals surface area contributed by atoms with Crippen molar-refractivity contribution in [3.63, 3.8) is 0 Å². The number of aliphatic hydroxyl groups excluding tert-OH is 1. The molecule has 1 spiro atoms. The molecular formula is C23H38O4. The average molecular weight is 379 g/mol. The van der Waals surface area contributed by atoms with Crippen molar-refractivity contribution in [3.8, 4) is 0 Å². The van der Waals surface area contributed by atoms with Crippen LogP contribution in [0.25, 0.3) is 0 Å². The zero-order valence-electron chi connectivity index (χ0n) is 17.4. The van der Waals surface area contributed by atoms with Gasteiger partial charge in [-0.3, -0.25) is 0 Å². The summed E-state index contributed by atoms with van der Waals surface area (Å²) in [6.45, 7) is 5.22. The number of aliphatic hydroxyl groups is 1. The molecule has 1 heterocycles. The molecule has 0 aromatic heterocycles. The van der Waals surface area contributed by atoms with Gasteiger partial charge in [-0.2, -0.15) is 0 Å². The fraction of sp³-hybridized carbons (Fsp3) is 1.00. The van der Waals surface area contributed by atoms with Gasteiger partial charge in [0.1, 0.15) is 6.79 Å². The van der Waals surface area contributed by atoms with E-state index in [4.69, 9.17) is 14.2 Å². The van der Waals surface area contributed by atoms with Crippen molar-refractivity contribution < 1.29 is 19.3 Å². The number of rotatable bonds is 3. The minimum absolute atomic E-state index is 0.0720. The van der Waals surface area contributed by atoms with Crippen molar-refractivity contribution in [1.82, 2.24) is 0 Å². The molecule has 1 N–H and O–H groups in total. The first-order valence-corrected chi connectivity index (χ1v) is 11.4. The van der Waals surface area contributed by atoms with Gasteiger partial charge in [0.05, 0.1) is 12.2 Å². The normalized spacial score (nSPS) is 56.9. The molecule has 0 amide bonds. The van der Waals surface area contributed by atoms with Gasteiger partial charge in [-0.25, -0.2) is 0 Å². The Bertz CT molecular complexity index is 567. The van der Waals surface area contributed by atoms with Crippen LogP contribution in [0.15, 0.2) is 0 Å². The van der Waals surface area contributed by atoms with Crippen LogP contribution in [0.1, 0.15) is 71.6 Å². The van der Waals surface area contributed by atoms with E-state index < -0.39 is 6.29 Å². The van der Waals surface area contributed by atoms with Crippen molar-refractivity contribution in [2.75, 3.05) is 13.9 Å². The summed E-state index contributed by atoms with van der Waals surface area (Å²) < 4.78 is 17.1. The van der Waals surface area contributed by atoms with Gasteiger partial charge in [-0.15, -0.1) is 0 Å².